The van der Waals surface area contributed by atoms with Crippen molar-refractivity contribution in [2.24, 2.45) is 0 Å². The van der Waals surface area contributed by atoms with Crippen LogP contribution in [0.3, 0.4) is 0 Å². The third-order valence-corrected chi connectivity index (χ3v) is 5.24. The van der Waals surface area contributed by atoms with Crippen LogP contribution in [0.25, 0.3) is 0 Å². The van der Waals surface area contributed by atoms with Gasteiger partial charge in [0.25, 0.3) is 0 Å². The summed E-state index contributed by atoms with van der Waals surface area (Å²) in [5.74, 6) is 0.438. The molecule has 1 aromatic carbocycles. The van der Waals surface area contributed by atoms with Crippen LogP contribution in [0, 0.1) is 0 Å². The predicted molar refractivity (Wildman–Crippen MR) is 130 cm³/mol. The van der Waals surface area contributed by atoms with Crippen LogP contribution in [-0.2, 0) is 9.53 Å². The molecule has 172 valence electrons. The highest BCUT2D eigenvalue weighted by Gasteiger charge is 2.19. The summed E-state index contributed by atoms with van der Waals surface area (Å²) in [5.41, 5.74) is 1.30. The van der Waals surface area contributed by atoms with Gasteiger partial charge in [-0.2, -0.15) is 0 Å². The Morgan fingerprint density at radius 1 is 1.32 bits per heavy atom. The Balaban J connectivity index is 2.97. The minimum Gasteiger partial charge on any atom is -0.357 e. The van der Waals surface area contributed by atoms with Gasteiger partial charge in [0.15, 0.2) is 0 Å². The molecule has 0 aliphatic heterocycles. The number of nitrogens with one attached hydrogen (secondary N) is 1. The molecule has 0 heterocycles. The van der Waals surface area contributed by atoms with Crippen molar-refractivity contribution < 1.29 is 14.3 Å². The van der Waals surface area contributed by atoms with E-state index in [0.717, 1.165) is 12.8 Å². The molecule has 0 fully saturated rings. The molecule has 0 saturated carbocycles. The maximum Gasteiger partial charge on any atom is 0.322 e. The van der Waals surface area contributed by atoms with Gasteiger partial charge < -0.3 is 10.1 Å². The Labute approximate surface area is 195 Å². The lowest BCUT2D eigenvalue weighted by Crippen LogP contribution is -2.42. The maximum absolute atomic E-state index is 12.7. The predicted octanol–water partition coefficient (Wildman–Crippen LogP) is 5.66. The van der Waals surface area contributed by atoms with Crippen molar-refractivity contribution in [2.75, 3.05) is 36.1 Å². The van der Waals surface area contributed by atoms with E-state index < -0.39 is 0 Å². The molecular formula is C23H33Cl2N3O3. The first-order valence-electron chi connectivity index (χ1n) is 10.4. The second kappa shape index (κ2) is 14.9. The van der Waals surface area contributed by atoms with Gasteiger partial charge in [-0.15, -0.1) is 18.2 Å². The molecule has 0 aromatic heterocycles. The lowest BCUT2D eigenvalue weighted by atomic mass is 10.2. The van der Waals surface area contributed by atoms with Crippen LogP contribution in [0.2, 0.25) is 0 Å². The number of unbranched alkanes of at least 4 members (excludes halogenated alkanes) is 1. The summed E-state index contributed by atoms with van der Waals surface area (Å²) in [6, 6.07) is 6.56. The number of nitrogens with zero attached hydrogens (tertiary/aromatic N) is 2. The number of benzene rings is 1. The van der Waals surface area contributed by atoms with Crippen LogP contribution in [0.1, 0.15) is 39.5 Å². The summed E-state index contributed by atoms with van der Waals surface area (Å²) >= 11 is 11.9. The zero-order valence-corrected chi connectivity index (χ0v) is 20.1. The van der Waals surface area contributed by atoms with E-state index in [-0.39, 0.29) is 24.7 Å². The highest BCUT2D eigenvalue weighted by atomic mass is 35.5. The number of hydrogen-bond donors (Lipinski definition) is 1. The molecule has 0 saturated heterocycles. The lowest BCUT2D eigenvalue weighted by molar-refractivity contribution is -0.119. The highest BCUT2D eigenvalue weighted by molar-refractivity contribution is 6.30. The minimum absolute atomic E-state index is 0.0278. The Hall–Kier alpha value is -2.02. The second-order valence-corrected chi connectivity index (χ2v) is 7.85. The molecule has 3 amide bonds. The first-order chi connectivity index (χ1) is 14.8. The van der Waals surface area contributed by atoms with Gasteiger partial charge in [-0.1, -0.05) is 43.2 Å². The topological polar surface area (TPSA) is 61.9 Å². The van der Waals surface area contributed by atoms with Crippen molar-refractivity contribution in [3.05, 3.63) is 48.0 Å². The smallest absolute Gasteiger partial charge is 0.322 e. The number of carbonyl (C=O) groups is 2. The molecule has 0 spiro atoms. The van der Waals surface area contributed by atoms with Crippen molar-refractivity contribution in [3.8, 4) is 0 Å². The van der Waals surface area contributed by atoms with E-state index in [0.29, 0.717) is 41.7 Å². The van der Waals surface area contributed by atoms with Gasteiger partial charge in [-0.25, -0.2) is 4.79 Å². The number of allylic oxidation sites excluding steroid dienone is 1. The number of ether oxygens (including phenoxy) is 1. The van der Waals surface area contributed by atoms with Crippen LogP contribution >= 0.6 is 23.2 Å². The van der Waals surface area contributed by atoms with Crippen molar-refractivity contribution in [1.82, 2.24) is 5.32 Å². The van der Waals surface area contributed by atoms with E-state index in [2.05, 4.69) is 11.9 Å². The number of amides is 3. The summed E-state index contributed by atoms with van der Waals surface area (Å²) in [4.78, 5) is 28.5. The Kier molecular flexibility index (Phi) is 13.0. The van der Waals surface area contributed by atoms with E-state index >= 15 is 0 Å². The summed E-state index contributed by atoms with van der Waals surface area (Å²) < 4.78 is 5.52. The Morgan fingerprint density at radius 3 is 2.68 bits per heavy atom. The second-order valence-electron chi connectivity index (χ2n) is 7.03. The van der Waals surface area contributed by atoms with Crippen molar-refractivity contribution in [1.29, 1.82) is 0 Å². The molecule has 6 nitrogen and oxygen atoms in total. The fourth-order valence-corrected chi connectivity index (χ4v) is 2.96. The molecule has 1 N–H and O–H groups in total. The summed E-state index contributed by atoms with van der Waals surface area (Å²) in [6.07, 6.45) is 6.22. The quantitative estimate of drug-likeness (QED) is 0.175. The summed E-state index contributed by atoms with van der Waals surface area (Å²) in [6.45, 7) is 7.94. The van der Waals surface area contributed by atoms with Gasteiger partial charge in [0.2, 0.25) is 5.91 Å². The standard InChI is InChI=1S/C23H33Cl2N3O3/c1-5-7-13-22(29)28(17-31-15-6-2)20-11-8-10-19(16-20)27(4)23(30)26-18(3)21(25)12-9-14-24/h6,8,10-12,16,18H,2,5,7,9,13-15,17H2,1,3-4H3,(H,26,30). The molecule has 0 bridgehead atoms. The average Bonchev–Trinajstić information content (AvgIpc) is 2.78. The molecule has 0 aliphatic carbocycles. The molecule has 1 unspecified atom stereocenters. The zero-order valence-electron chi connectivity index (χ0n) is 18.6. The SMILES string of the molecule is C=CCOCN(C(=O)CCCC)c1cccc(N(C)C(=O)NC(C)C(Cl)=CCCCl)c1. The van der Waals surface area contributed by atoms with E-state index in [9.17, 15) is 9.59 Å². The number of alkyl halides is 1. The number of hydrogen-bond acceptors (Lipinski definition) is 3. The number of carbonyl (C=O) groups excluding carboxylic acids is 2. The van der Waals surface area contributed by atoms with Gasteiger partial charge in [-0.05, 0) is 38.0 Å². The van der Waals surface area contributed by atoms with Gasteiger partial charge in [0.05, 0.1) is 12.6 Å². The monoisotopic (exact) mass is 469 g/mol. The zero-order chi connectivity index (χ0) is 23.2. The third-order valence-electron chi connectivity index (χ3n) is 4.54. The first kappa shape index (κ1) is 27.0. The van der Waals surface area contributed by atoms with Crippen molar-refractivity contribution in [2.45, 2.75) is 45.6 Å². The minimum atomic E-state index is -0.345. The normalized spacial score (nSPS) is 12.2. The summed E-state index contributed by atoms with van der Waals surface area (Å²) in [7, 11) is 1.66. The molecule has 0 radical (unpaired) electrons. The molecule has 8 heteroatoms. The Bertz CT molecular complexity index is 755. The fraction of sp³-hybridized carbons (Fsp3) is 0.478. The largest absolute Gasteiger partial charge is 0.357 e. The number of rotatable bonds is 13. The molecular weight excluding hydrogens is 437 g/mol. The van der Waals surface area contributed by atoms with Gasteiger partial charge in [-0.3, -0.25) is 14.6 Å². The van der Waals surface area contributed by atoms with Gasteiger partial charge in [0, 0.05) is 35.8 Å². The third kappa shape index (κ3) is 9.33. The van der Waals surface area contributed by atoms with Crippen LogP contribution in [0.5, 0.6) is 0 Å². The van der Waals surface area contributed by atoms with E-state index in [4.69, 9.17) is 27.9 Å². The number of anilines is 2. The van der Waals surface area contributed by atoms with Gasteiger partial charge in [0.1, 0.15) is 6.73 Å². The number of halogens is 2. The van der Waals surface area contributed by atoms with Crippen LogP contribution in [-0.4, -0.2) is 44.2 Å². The van der Waals surface area contributed by atoms with Crippen LogP contribution in [0.4, 0.5) is 16.2 Å². The molecule has 1 rings (SSSR count). The van der Waals surface area contributed by atoms with Crippen LogP contribution < -0.4 is 15.1 Å². The molecule has 31 heavy (non-hydrogen) atoms. The van der Waals surface area contributed by atoms with Crippen LogP contribution in [0.15, 0.2) is 48.0 Å². The van der Waals surface area contributed by atoms with Crippen molar-refractivity contribution >= 4 is 46.5 Å². The number of urea groups is 1. The molecule has 1 aromatic rings. The Morgan fingerprint density at radius 2 is 2.03 bits per heavy atom. The van der Waals surface area contributed by atoms with E-state index in [1.54, 1.807) is 49.2 Å². The first-order valence-corrected chi connectivity index (χ1v) is 11.3. The maximum atomic E-state index is 12.7. The average molecular weight is 470 g/mol. The fourth-order valence-electron chi connectivity index (χ4n) is 2.69. The van der Waals surface area contributed by atoms with E-state index in [1.807, 2.05) is 13.0 Å². The van der Waals surface area contributed by atoms with Gasteiger partial charge >= 0.3 is 6.03 Å². The molecule has 1 atom stereocenters. The summed E-state index contributed by atoms with van der Waals surface area (Å²) in [5, 5.41) is 3.39. The van der Waals surface area contributed by atoms with Crippen molar-refractivity contribution in [3.63, 3.8) is 0 Å². The van der Waals surface area contributed by atoms with E-state index in [1.165, 1.54) is 4.90 Å². The highest BCUT2D eigenvalue weighted by Crippen LogP contribution is 2.23. The lowest BCUT2D eigenvalue weighted by Gasteiger charge is -2.25. The molecule has 0 aliphatic rings.